The van der Waals surface area contributed by atoms with Gasteiger partial charge in [-0.2, -0.15) is 0 Å². The van der Waals surface area contributed by atoms with Crippen LogP contribution in [-0.2, 0) is 11.3 Å². The Morgan fingerprint density at radius 1 is 1.02 bits per heavy atom. The summed E-state index contributed by atoms with van der Waals surface area (Å²) in [6, 6.07) is 24.0. The molecule has 7 heteroatoms. The van der Waals surface area contributed by atoms with Gasteiger partial charge in [0.2, 0.25) is 5.91 Å². The van der Waals surface area contributed by atoms with Crippen LogP contribution < -0.4 is 10.1 Å². The molecule has 7 nitrogen and oxygen atoms in total. The second-order valence-corrected chi connectivity index (χ2v) is 12.4. The second kappa shape index (κ2) is 14.2. The number of likely N-dealkylation sites (N-methyl/N-ethyl adjacent to an activating group) is 1. The molecule has 2 N–H and O–H groups in total. The van der Waals surface area contributed by atoms with Gasteiger partial charge in [-0.3, -0.25) is 14.5 Å². The van der Waals surface area contributed by atoms with Crippen LogP contribution in [0.25, 0.3) is 11.1 Å². The first-order chi connectivity index (χ1) is 20.8. The van der Waals surface area contributed by atoms with E-state index in [2.05, 4.69) is 72.7 Å². The zero-order valence-corrected chi connectivity index (χ0v) is 25.7. The van der Waals surface area contributed by atoms with Gasteiger partial charge in [0.25, 0.3) is 5.91 Å². The predicted octanol–water partition coefficient (Wildman–Crippen LogP) is 6.22. The molecule has 1 aliphatic carbocycles. The van der Waals surface area contributed by atoms with Crippen LogP contribution in [0.5, 0.6) is 5.75 Å². The summed E-state index contributed by atoms with van der Waals surface area (Å²) in [7, 11) is 2.09. The first-order valence-corrected chi connectivity index (χ1v) is 15.7. The van der Waals surface area contributed by atoms with Gasteiger partial charge >= 0.3 is 0 Å². The molecule has 2 aliphatic rings. The highest BCUT2D eigenvalue weighted by atomic mass is 16.5. The molecular weight excluding hydrogens is 538 g/mol. The molecule has 0 spiro atoms. The van der Waals surface area contributed by atoms with E-state index >= 15 is 0 Å². The van der Waals surface area contributed by atoms with E-state index in [0.29, 0.717) is 30.1 Å². The molecule has 1 saturated carbocycles. The summed E-state index contributed by atoms with van der Waals surface area (Å²) in [4.78, 5) is 30.7. The Kier molecular flexibility index (Phi) is 10.2. The Labute approximate surface area is 255 Å². The Hall–Kier alpha value is -3.68. The lowest BCUT2D eigenvalue weighted by Crippen LogP contribution is -2.49. The quantitative estimate of drug-likeness (QED) is 0.312. The van der Waals surface area contributed by atoms with Crippen LogP contribution in [0.2, 0.25) is 0 Å². The topological polar surface area (TPSA) is 82.1 Å². The lowest BCUT2D eigenvalue weighted by Gasteiger charge is -2.38. The number of hydrogen-bond acceptors (Lipinski definition) is 5. The number of rotatable bonds is 9. The van der Waals surface area contributed by atoms with Crippen LogP contribution >= 0.6 is 0 Å². The third-order valence-electron chi connectivity index (χ3n) is 8.91. The number of amides is 2. The van der Waals surface area contributed by atoms with Crippen molar-refractivity contribution in [2.45, 2.75) is 64.6 Å². The van der Waals surface area contributed by atoms with Crippen molar-refractivity contribution < 1.29 is 19.4 Å². The molecule has 43 heavy (non-hydrogen) atoms. The minimum absolute atomic E-state index is 0.0175. The predicted molar refractivity (Wildman–Crippen MR) is 171 cm³/mol. The van der Waals surface area contributed by atoms with Crippen molar-refractivity contribution in [1.82, 2.24) is 9.80 Å². The monoisotopic (exact) mass is 583 g/mol. The van der Waals surface area contributed by atoms with Crippen molar-refractivity contribution >= 4 is 17.5 Å². The standard InChI is InChI=1S/C36H45N3O4/c1-25-21-39(26(2)24-40)36(42)32-20-31(37-35(41)30-12-8-5-9-13-30)18-19-33(32)43-34(25)23-38(3)22-27-14-16-29(17-15-27)28-10-6-4-7-11-28/h4,6-7,10-11,14-20,25-26,30,34,40H,5,8-9,12-13,21-24H2,1-3H3,(H,37,41)/t25-,26-,34-/m1/s1. The zero-order valence-electron chi connectivity index (χ0n) is 25.7. The molecule has 1 aliphatic heterocycles. The van der Waals surface area contributed by atoms with Crippen molar-refractivity contribution in [2.75, 3.05) is 32.1 Å². The van der Waals surface area contributed by atoms with Gasteiger partial charge in [-0.1, -0.05) is 80.8 Å². The van der Waals surface area contributed by atoms with Crippen LogP contribution in [0, 0.1) is 11.8 Å². The number of anilines is 1. The van der Waals surface area contributed by atoms with Gasteiger partial charge in [0.15, 0.2) is 0 Å². The van der Waals surface area contributed by atoms with Crippen molar-refractivity contribution in [3.8, 4) is 16.9 Å². The maximum absolute atomic E-state index is 13.8. The summed E-state index contributed by atoms with van der Waals surface area (Å²) in [5.41, 5.74) is 4.62. The van der Waals surface area contributed by atoms with Crippen LogP contribution in [0.1, 0.15) is 61.9 Å². The number of hydrogen-bond donors (Lipinski definition) is 2. The van der Waals surface area contributed by atoms with E-state index in [-0.39, 0.29) is 42.4 Å². The lowest BCUT2D eigenvalue weighted by atomic mass is 9.88. The van der Waals surface area contributed by atoms with Crippen molar-refractivity contribution in [3.05, 3.63) is 83.9 Å². The largest absolute Gasteiger partial charge is 0.488 e. The molecule has 3 aromatic carbocycles. The first kappa shape index (κ1) is 30.8. The van der Waals surface area contributed by atoms with Gasteiger partial charge in [-0.15, -0.1) is 0 Å². The smallest absolute Gasteiger partial charge is 0.258 e. The molecule has 0 unspecified atom stereocenters. The highest BCUT2D eigenvalue weighted by molar-refractivity contribution is 6.00. The summed E-state index contributed by atoms with van der Waals surface area (Å²) < 4.78 is 6.58. The SMILES string of the molecule is C[C@@H]1CN([C@H](C)CO)C(=O)c2cc(NC(=O)C3CCCCC3)ccc2O[C@@H]1CN(C)Cc1ccc(-c2ccccc2)cc1. The number of carbonyl (C=O) groups excluding carboxylic acids is 2. The van der Waals surface area contributed by atoms with Crippen molar-refractivity contribution in [2.24, 2.45) is 11.8 Å². The highest BCUT2D eigenvalue weighted by Gasteiger charge is 2.34. The Bertz CT molecular complexity index is 1370. The number of aliphatic hydroxyl groups is 1. The fraction of sp³-hybridized carbons (Fsp3) is 0.444. The summed E-state index contributed by atoms with van der Waals surface area (Å²) in [6.07, 6.45) is 4.97. The molecule has 3 aromatic rings. The summed E-state index contributed by atoms with van der Waals surface area (Å²) in [6.45, 7) is 5.72. The van der Waals surface area contributed by atoms with Crippen LogP contribution in [0.4, 0.5) is 5.69 Å². The minimum atomic E-state index is -0.345. The van der Waals surface area contributed by atoms with E-state index in [1.165, 1.54) is 23.1 Å². The molecule has 0 aromatic heterocycles. The van der Waals surface area contributed by atoms with Gasteiger partial charge in [0, 0.05) is 37.2 Å². The van der Waals surface area contributed by atoms with E-state index in [9.17, 15) is 14.7 Å². The summed E-state index contributed by atoms with van der Waals surface area (Å²) in [5, 5.41) is 13.0. The molecule has 0 radical (unpaired) electrons. The molecule has 1 heterocycles. The van der Waals surface area contributed by atoms with Gasteiger partial charge in [-0.05, 0) is 61.7 Å². The molecular formula is C36H45N3O4. The van der Waals surface area contributed by atoms with Gasteiger partial charge in [0.1, 0.15) is 11.9 Å². The zero-order chi connectivity index (χ0) is 30.3. The average molecular weight is 584 g/mol. The number of ether oxygens (including phenoxy) is 1. The van der Waals surface area contributed by atoms with Crippen LogP contribution in [0.3, 0.4) is 0 Å². The molecule has 5 rings (SSSR count). The molecule has 2 amide bonds. The Morgan fingerprint density at radius 2 is 1.72 bits per heavy atom. The molecule has 228 valence electrons. The average Bonchev–Trinajstić information content (AvgIpc) is 3.03. The third-order valence-corrected chi connectivity index (χ3v) is 8.91. The first-order valence-electron chi connectivity index (χ1n) is 15.7. The number of nitrogens with zero attached hydrogens (tertiary/aromatic N) is 2. The van der Waals surface area contributed by atoms with E-state index in [1.807, 2.05) is 19.1 Å². The minimum Gasteiger partial charge on any atom is -0.488 e. The van der Waals surface area contributed by atoms with Crippen molar-refractivity contribution in [3.63, 3.8) is 0 Å². The van der Waals surface area contributed by atoms with E-state index < -0.39 is 0 Å². The molecule has 1 fully saturated rings. The lowest BCUT2D eigenvalue weighted by molar-refractivity contribution is -0.120. The van der Waals surface area contributed by atoms with E-state index in [0.717, 1.165) is 32.2 Å². The molecule has 0 saturated heterocycles. The third kappa shape index (κ3) is 7.64. The maximum Gasteiger partial charge on any atom is 0.258 e. The van der Waals surface area contributed by atoms with Gasteiger partial charge in [0.05, 0.1) is 18.2 Å². The molecule has 3 atom stereocenters. The van der Waals surface area contributed by atoms with Crippen LogP contribution in [-0.4, -0.2) is 65.6 Å². The highest BCUT2D eigenvalue weighted by Crippen LogP contribution is 2.32. The number of aliphatic hydroxyl groups excluding tert-OH is 1. The van der Waals surface area contributed by atoms with E-state index in [4.69, 9.17) is 4.74 Å². The second-order valence-electron chi connectivity index (χ2n) is 12.4. The van der Waals surface area contributed by atoms with Crippen LogP contribution in [0.15, 0.2) is 72.8 Å². The van der Waals surface area contributed by atoms with E-state index in [1.54, 1.807) is 17.0 Å². The fourth-order valence-electron chi connectivity index (χ4n) is 6.24. The summed E-state index contributed by atoms with van der Waals surface area (Å²) in [5.74, 6) is 0.378. The van der Waals surface area contributed by atoms with Gasteiger partial charge in [-0.25, -0.2) is 0 Å². The molecule has 0 bridgehead atoms. The number of carbonyl (C=O) groups is 2. The number of fused-ring (bicyclic) bond motifs is 1. The number of nitrogens with one attached hydrogen (secondary N) is 1. The fourth-order valence-corrected chi connectivity index (χ4v) is 6.24. The Morgan fingerprint density at radius 3 is 2.42 bits per heavy atom. The van der Waals surface area contributed by atoms with Gasteiger partial charge < -0.3 is 20.1 Å². The maximum atomic E-state index is 13.8. The normalized spacial score (nSPS) is 20.1. The van der Waals surface area contributed by atoms with Crippen molar-refractivity contribution in [1.29, 1.82) is 0 Å². The summed E-state index contributed by atoms with van der Waals surface area (Å²) >= 11 is 0. The number of benzene rings is 3. The Balaban J connectivity index is 1.32.